The van der Waals surface area contributed by atoms with E-state index in [0.717, 1.165) is 102 Å². The van der Waals surface area contributed by atoms with Gasteiger partial charge >= 0.3 is 39.5 Å². The molecular weight excluding hydrogens is 1320 g/mol. The number of phosphoric ester groups is 2. The number of aliphatic hydroxyl groups excluding tert-OH is 1. The highest BCUT2D eigenvalue weighted by Crippen LogP contribution is 2.45. The van der Waals surface area contributed by atoms with E-state index in [-0.39, 0.29) is 25.7 Å². The first kappa shape index (κ1) is 99.1. The topological polar surface area (TPSA) is 237 Å². The molecule has 4 unspecified atom stereocenters. The van der Waals surface area contributed by atoms with Crippen LogP contribution in [0.15, 0.2) is 0 Å². The predicted octanol–water partition coefficient (Wildman–Crippen LogP) is 24.7. The SMILES string of the molecule is CCCCCCCCCCCCCCCCCCC(=O)OC[C@H](COP(=O)(O)OC[C@@H](O)COP(=O)(O)OC[C@@H](COC(=O)CCCCCCCCCCCCC)OC(=O)CCCCCCCCCCC(C)CC)OC(=O)CCCCCCCCCCCCCCCCCCCCC(C)CC. The molecule has 0 aromatic heterocycles. The van der Waals surface area contributed by atoms with Crippen molar-refractivity contribution in [1.29, 1.82) is 0 Å². The Morgan fingerprint density at radius 2 is 0.475 bits per heavy atom. The molecule has 17 nitrogen and oxygen atoms in total. The van der Waals surface area contributed by atoms with E-state index in [1.54, 1.807) is 0 Å². The van der Waals surface area contributed by atoms with Crippen LogP contribution in [-0.4, -0.2) is 96.7 Å². The van der Waals surface area contributed by atoms with Gasteiger partial charge in [-0.2, -0.15) is 0 Å². The lowest BCUT2D eigenvalue weighted by Gasteiger charge is -2.21. The molecule has 0 bridgehead atoms. The van der Waals surface area contributed by atoms with Crippen molar-refractivity contribution in [3.8, 4) is 0 Å². The lowest BCUT2D eigenvalue weighted by molar-refractivity contribution is -0.161. The molecule has 0 aliphatic rings. The number of hydrogen-bond acceptors (Lipinski definition) is 15. The van der Waals surface area contributed by atoms with Crippen molar-refractivity contribution < 1.29 is 80.2 Å². The van der Waals surface area contributed by atoms with Crippen molar-refractivity contribution in [3.05, 3.63) is 0 Å². The van der Waals surface area contributed by atoms with Gasteiger partial charge in [0.2, 0.25) is 0 Å². The third kappa shape index (κ3) is 73.4. The zero-order valence-electron chi connectivity index (χ0n) is 66.2. The first-order valence-electron chi connectivity index (χ1n) is 42.6. The standard InChI is InChI=1S/C82H160O17P2/c1-7-11-13-15-17-19-21-22-23-29-32-36-40-47-53-59-65-80(85)93-70-77(98-81(86)66-60-54-48-41-37-33-30-27-25-24-26-28-31-35-38-44-50-56-62-74(5)9-3)72-96-100(88,89)94-68-76(83)69-95-101(90,91)97-73-78(71-92-79(84)64-58-52-46-39-34-20-18-16-14-12-8-2)99-82(87)67-61-55-49-43-42-45-51-57-63-75(6)10-4/h74-78,83H,7-73H2,1-6H3,(H,88,89)(H,90,91)/t74?,75?,76-,77-,78-/m1/s1. The first-order valence-corrected chi connectivity index (χ1v) is 45.6. The molecule has 0 saturated heterocycles. The summed E-state index contributed by atoms with van der Waals surface area (Å²) in [6.07, 6.45) is 63.7. The van der Waals surface area contributed by atoms with Crippen molar-refractivity contribution in [2.24, 2.45) is 11.8 Å². The number of hydrogen-bond donors (Lipinski definition) is 3. The quantitative estimate of drug-likeness (QED) is 0.0222. The van der Waals surface area contributed by atoms with Crippen LogP contribution in [0.5, 0.6) is 0 Å². The Kier molecular flexibility index (Phi) is 72.2. The van der Waals surface area contributed by atoms with E-state index in [4.69, 9.17) is 37.0 Å². The van der Waals surface area contributed by atoms with E-state index in [1.165, 1.54) is 250 Å². The Morgan fingerprint density at radius 3 is 0.703 bits per heavy atom. The molecule has 0 aliphatic carbocycles. The molecule has 0 aliphatic heterocycles. The number of carbonyl (C=O) groups excluding carboxylic acids is 4. The summed E-state index contributed by atoms with van der Waals surface area (Å²) in [7, 11) is -9.92. The maximum absolute atomic E-state index is 13.1. The van der Waals surface area contributed by atoms with Crippen LogP contribution >= 0.6 is 15.6 Å². The van der Waals surface area contributed by atoms with E-state index in [1.807, 2.05) is 0 Å². The van der Waals surface area contributed by atoms with Gasteiger partial charge in [0, 0.05) is 25.7 Å². The molecule has 19 heteroatoms. The Morgan fingerprint density at radius 1 is 0.277 bits per heavy atom. The van der Waals surface area contributed by atoms with E-state index < -0.39 is 97.5 Å². The molecule has 0 radical (unpaired) electrons. The van der Waals surface area contributed by atoms with Gasteiger partial charge < -0.3 is 33.8 Å². The molecule has 0 saturated carbocycles. The average molecular weight is 1480 g/mol. The summed E-state index contributed by atoms with van der Waals surface area (Å²) in [5.41, 5.74) is 0. The molecule has 0 heterocycles. The fourth-order valence-electron chi connectivity index (χ4n) is 12.6. The predicted molar refractivity (Wildman–Crippen MR) is 414 cm³/mol. The van der Waals surface area contributed by atoms with Gasteiger partial charge in [0.25, 0.3) is 0 Å². The van der Waals surface area contributed by atoms with Crippen LogP contribution < -0.4 is 0 Å². The fourth-order valence-corrected chi connectivity index (χ4v) is 14.2. The molecular formula is C82H160O17P2. The number of unbranched alkanes of at least 4 members (excludes halogenated alkanes) is 49. The minimum atomic E-state index is -4.96. The Balaban J connectivity index is 5.22. The van der Waals surface area contributed by atoms with E-state index >= 15 is 0 Å². The first-order chi connectivity index (χ1) is 48.9. The van der Waals surface area contributed by atoms with Gasteiger partial charge in [0.05, 0.1) is 26.4 Å². The molecule has 0 fully saturated rings. The summed E-state index contributed by atoms with van der Waals surface area (Å²) in [4.78, 5) is 73.0. The van der Waals surface area contributed by atoms with Crippen molar-refractivity contribution in [3.63, 3.8) is 0 Å². The second kappa shape index (κ2) is 73.6. The third-order valence-electron chi connectivity index (χ3n) is 19.9. The summed E-state index contributed by atoms with van der Waals surface area (Å²) in [5.74, 6) is -0.467. The zero-order valence-corrected chi connectivity index (χ0v) is 68.0. The molecule has 0 rings (SSSR count). The molecule has 0 aromatic carbocycles. The van der Waals surface area contributed by atoms with Crippen LogP contribution in [0.2, 0.25) is 0 Å². The fraction of sp³-hybridized carbons (Fsp3) is 0.951. The van der Waals surface area contributed by atoms with E-state index in [9.17, 15) is 43.2 Å². The highest BCUT2D eigenvalue weighted by molar-refractivity contribution is 7.47. The Hall–Kier alpha value is -1.94. The molecule has 0 aromatic rings. The monoisotopic (exact) mass is 1480 g/mol. The second-order valence-electron chi connectivity index (χ2n) is 30.0. The normalized spacial score (nSPS) is 14.4. The van der Waals surface area contributed by atoms with Gasteiger partial charge in [0.15, 0.2) is 12.2 Å². The number of rotatable bonds is 81. The van der Waals surface area contributed by atoms with Gasteiger partial charge in [-0.15, -0.1) is 0 Å². The van der Waals surface area contributed by atoms with Crippen LogP contribution in [0.25, 0.3) is 0 Å². The maximum Gasteiger partial charge on any atom is 0.472 e. The molecule has 0 spiro atoms. The van der Waals surface area contributed by atoms with Gasteiger partial charge in [-0.05, 0) is 37.5 Å². The van der Waals surface area contributed by atoms with Crippen LogP contribution in [0.3, 0.4) is 0 Å². The van der Waals surface area contributed by atoms with E-state index in [2.05, 4.69) is 41.5 Å². The number of esters is 4. The van der Waals surface area contributed by atoms with Gasteiger partial charge in [-0.1, -0.05) is 382 Å². The number of carbonyl (C=O) groups is 4. The molecule has 0 amide bonds. The summed E-state index contributed by atoms with van der Waals surface area (Å²) in [6, 6.07) is 0. The summed E-state index contributed by atoms with van der Waals surface area (Å²) < 4.78 is 68.7. The maximum atomic E-state index is 13.1. The van der Waals surface area contributed by atoms with Crippen molar-refractivity contribution in [2.45, 2.75) is 452 Å². The van der Waals surface area contributed by atoms with Crippen molar-refractivity contribution >= 4 is 39.5 Å². The summed E-state index contributed by atoms with van der Waals surface area (Å²) in [5, 5.41) is 10.6. The largest absolute Gasteiger partial charge is 0.472 e. The van der Waals surface area contributed by atoms with Gasteiger partial charge in [-0.3, -0.25) is 37.3 Å². The van der Waals surface area contributed by atoms with Crippen LogP contribution in [0, 0.1) is 11.8 Å². The average Bonchev–Trinajstić information content (AvgIpc) is 0.933. The van der Waals surface area contributed by atoms with Crippen LogP contribution in [0.1, 0.15) is 433 Å². The lowest BCUT2D eigenvalue weighted by atomic mass is 9.99. The van der Waals surface area contributed by atoms with Gasteiger partial charge in [0.1, 0.15) is 19.3 Å². The summed E-state index contributed by atoms with van der Waals surface area (Å²) >= 11 is 0. The summed E-state index contributed by atoms with van der Waals surface area (Å²) in [6.45, 7) is 9.70. The third-order valence-corrected chi connectivity index (χ3v) is 21.8. The van der Waals surface area contributed by atoms with Crippen LogP contribution in [0.4, 0.5) is 0 Å². The Labute approximate surface area is 619 Å². The minimum Gasteiger partial charge on any atom is -0.462 e. The number of ether oxygens (including phenoxy) is 4. The Bertz CT molecular complexity index is 1950. The number of aliphatic hydroxyl groups is 1. The molecule has 7 atom stereocenters. The lowest BCUT2D eigenvalue weighted by Crippen LogP contribution is -2.30. The van der Waals surface area contributed by atoms with Gasteiger partial charge in [-0.25, -0.2) is 9.13 Å². The minimum absolute atomic E-state index is 0.106. The smallest absolute Gasteiger partial charge is 0.462 e. The van der Waals surface area contributed by atoms with E-state index in [0.29, 0.717) is 25.7 Å². The zero-order chi connectivity index (χ0) is 74.2. The molecule has 600 valence electrons. The van der Waals surface area contributed by atoms with Crippen molar-refractivity contribution in [1.82, 2.24) is 0 Å². The van der Waals surface area contributed by atoms with Crippen LogP contribution in [-0.2, 0) is 65.4 Å². The highest BCUT2D eigenvalue weighted by Gasteiger charge is 2.30. The number of phosphoric acid groups is 2. The molecule has 3 N–H and O–H groups in total. The van der Waals surface area contributed by atoms with Crippen molar-refractivity contribution in [2.75, 3.05) is 39.6 Å². The second-order valence-corrected chi connectivity index (χ2v) is 32.9. The molecule has 101 heavy (non-hydrogen) atoms. The highest BCUT2D eigenvalue weighted by atomic mass is 31.2.